The molecule has 2 aromatic heterocycles. The molecule has 0 spiro atoms. The summed E-state index contributed by atoms with van der Waals surface area (Å²) < 4.78 is 7.04. The minimum atomic E-state index is -1.18. The van der Waals surface area contributed by atoms with E-state index in [2.05, 4.69) is 20.3 Å². The molecule has 0 saturated carbocycles. The minimum absolute atomic E-state index is 0.00674. The second kappa shape index (κ2) is 8.73. The molecule has 0 aliphatic carbocycles. The first kappa shape index (κ1) is 19.0. The summed E-state index contributed by atoms with van der Waals surface area (Å²) in [6.07, 6.45) is 0.819. The van der Waals surface area contributed by atoms with Gasteiger partial charge in [0, 0.05) is 6.54 Å². The molecule has 3 aromatic rings. The van der Waals surface area contributed by atoms with Crippen LogP contribution in [0.1, 0.15) is 5.56 Å². The van der Waals surface area contributed by atoms with Gasteiger partial charge in [-0.3, -0.25) is 4.57 Å². The number of nitrogens with zero attached hydrogens (tertiary/aromatic N) is 4. The van der Waals surface area contributed by atoms with Gasteiger partial charge in [0.15, 0.2) is 17.0 Å². The number of hydrogen-bond donors (Lipinski definition) is 5. The van der Waals surface area contributed by atoms with Crippen LogP contribution < -0.4 is 5.32 Å². The van der Waals surface area contributed by atoms with E-state index in [0.717, 1.165) is 5.56 Å². The van der Waals surface area contributed by atoms with Crippen LogP contribution in [0.25, 0.3) is 11.2 Å². The zero-order valence-electron chi connectivity index (χ0n) is 14.4. The molecule has 2 heterocycles. The normalized spacial score (nSPS) is 13.6. The first-order valence-electron chi connectivity index (χ1n) is 8.31. The predicted molar refractivity (Wildman–Crippen MR) is 95.8 cm³/mol. The van der Waals surface area contributed by atoms with Gasteiger partial charge in [-0.1, -0.05) is 12.1 Å². The second-order valence-corrected chi connectivity index (χ2v) is 5.90. The Morgan fingerprint density at radius 1 is 1.07 bits per heavy atom. The van der Waals surface area contributed by atoms with Crippen LogP contribution in [-0.2, 0) is 18.0 Å². The van der Waals surface area contributed by atoms with E-state index in [1.54, 1.807) is 28.8 Å². The first-order chi connectivity index (χ1) is 13.1. The van der Waals surface area contributed by atoms with Gasteiger partial charge in [-0.25, -0.2) is 15.0 Å². The Bertz CT molecular complexity index is 870. The molecule has 0 fully saturated rings. The summed E-state index contributed by atoms with van der Waals surface area (Å²) in [5, 5.41) is 40.3. The van der Waals surface area contributed by atoms with Gasteiger partial charge < -0.3 is 30.5 Å². The lowest BCUT2D eigenvalue weighted by Crippen LogP contribution is -2.35. The summed E-state index contributed by atoms with van der Waals surface area (Å²) in [6.45, 7) is -0.454. The maximum Gasteiger partial charge on any atom is 0.167 e. The highest BCUT2D eigenvalue weighted by Gasteiger charge is 2.19. The molecular weight excluding hydrogens is 354 g/mol. The molecule has 10 nitrogen and oxygen atoms in total. The van der Waals surface area contributed by atoms with Gasteiger partial charge in [0.1, 0.15) is 31.0 Å². The van der Waals surface area contributed by atoms with E-state index in [1.165, 1.54) is 12.7 Å². The molecule has 27 heavy (non-hydrogen) atoms. The number of aliphatic hydroxyl groups excluding tert-OH is 3. The Labute approximate surface area is 154 Å². The summed E-state index contributed by atoms with van der Waals surface area (Å²) in [4.78, 5) is 12.7. The fraction of sp³-hybridized carbons (Fsp3) is 0.353. The lowest BCUT2D eigenvalue weighted by molar-refractivity contribution is -0.0997. The van der Waals surface area contributed by atoms with Crippen LogP contribution >= 0.6 is 0 Å². The third kappa shape index (κ3) is 4.49. The third-order valence-electron chi connectivity index (χ3n) is 4.02. The second-order valence-electron chi connectivity index (χ2n) is 5.90. The zero-order chi connectivity index (χ0) is 19.2. The molecule has 2 atom stereocenters. The number of aromatic nitrogens is 4. The molecule has 0 amide bonds. The Morgan fingerprint density at radius 2 is 1.85 bits per heavy atom. The van der Waals surface area contributed by atoms with E-state index in [9.17, 15) is 15.3 Å². The van der Waals surface area contributed by atoms with Crippen molar-refractivity contribution in [3.63, 3.8) is 0 Å². The van der Waals surface area contributed by atoms with Crippen molar-refractivity contribution in [1.82, 2.24) is 19.5 Å². The van der Waals surface area contributed by atoms with Gasteiger partial charge in [-0.2, -0.15) is 0 Å². The molecule has 3 rings (SSSR count). The highest BCUT2D eigenvalue weighted by atomic mass is 16.5. The van der Waals surface area contributed by atoms with Crippen LogP contribution in [-0.4, -0.2) is 65.4 Å². The fourth-order valence-electron chi connectivity index (χ4n) is 2.48. The van der Waals surface area contributed by atoms with E-state index in [1.807, 2.05) is 0 Å². The number of phenolic OH excluding ortho intramolecular Hbond substituents is 1. The number of ether oxygens (including phenoxy) is 1. The molecule has 0 aliphatic heterocycles. The molecule has 0 radical (unpaired) electrons. The molecule has 1 unspecified atom stereocenters. The minimum Gasteiger partial charge on any atom is -0.508 e. The van der Waals surface area contributed by atoms with E-state index < -0.39 is 25.4 Å². The number of nitrogens with one attached hydrogen (secondary N) is 1. The molecular formula is C17H21N5O5. The van der Waals surface area contributed by atoms with E-state index in [0.29, 0.717) is 23.5 Å². The largest absolute Gasteiger partial charge is 0.508 e. The number of fused-ring (bicyclic) bond motifs is 1. The van der Waals surface area contributed by atoms with Crippen LogP contribution in [0.3, 0.4) is 0 Å². The number of benzene rings is 1. The number of aliphatic hydroxyl groups is 3. The molecule has 10 heteroatoms. The topological polar surface area (TPSA) is 146 Å². The van der Waals surface area contributed by atoms with Crippen LogP contribution in [0, 0.1) is 0 Å². The Kier molecular flexibility index (Phi) is 6.14. The van der Waals surface area contributed by atoms with Crippen molar-refractivity contribution in [2.24, 2.45) is 0 Å². The lowest BCUT2D eigenvalue weighted by Gasteiger charge is -2.19. The van der Waals surface area contributed by atoms with Crippen molar-refractivity contribution in [2.45, 2.75) is 25.5 Å². The van der Waals surface area contributed by atoms with Crippen LogP contribution in [0.2, 0.25) is 0 Å². The Morgan fingerprint density at radius 3 is 2.56 bits per heavy atom. The van der Waals surface area contributed by atoms with Crippen LogP contribution in [0.5, 0.6) is 5.75 Å². The van der Waals surface area contributed by atoms with Crippen molar-refractivity contribution in [1.29, 1.82) is 0 Å². The molecule has 0 saturated heterocycles. The SMILES string of the molecule is OCC(O)[C@@H](CO)OCn1cnc2c(NCc3ccc(O)cc3)ncnc21. The van der Waals surface area contributed by atoms with Crippen molar-refractivity contribution < 1.29 is 25.2 Å². The lowest BCUT2D eigenvalue weighted by atomic mass is 10.2. The fourth-order valence-corrected chi connectivity index (χ4v) is 2.48. The van der Waals surface area contributed by atoms with E-state index in [-0.39, 0.29) is 12.5 Å². The van der Waals surface area contributed by atoms with Crippen molar-refractivity contribution >= 4 is 17.0 Å². The maximum atomic E-state index is 9.59. The van der Waals surface area contributed by atoms with Crippen molar-refractivity contribution in [2.75, 3.05) is 18.5 Å². The number of hydrogen-bond acceptors (Lipinski definition) is 9. The Hall–Kier alpha value is -2.79. The number of phenols is 1. The predicted octanol–water partition coefficient (Wildman–Crippen LogP) is -0.168. The standard InChI is InChI=1S/C17H21N5O5/c23-6-13(26)14(7-24)27-10-22-9-21-15-16(19-8-20-17(15)22)18-5-11-1-3-12(25)4-2-11/h1-4,8-9,13-14,23-26H,5-7,10H2,(H,18,19,20)/t13?,14-/m1/s1. The van der Waals surface area contributed by atoms with Gasteiger partial charge in [-0.05, 0) is 17.7 Å². The van der Waals surface area contributed by atoms with Crippen LogP contribution in [0.4, 0.5) is 5.82 Å². The highest BCUT2D eigenvalue weighted by Crippen LogP contribution is 2.19. The molecule has 144 valence electrons. The number of imidazole rings is 1. The average Bonchev–Trinajstić information content (AvgIpc) is 3.11. The summed E-state index contributed by atoms with van der Waals surface area (Å²) in [5.74, 6) is 0.746. The van der Waals surface area contributed by atoms with E-state index >= 15 is 0 Å². The van der Waals surface area contributed by atoms with Gasteiger partial charge in [0.25, 0.3) is 0 Å². The first-order valence-corrected chi connectivity index (χ1v) is 8.31. The van der Waals surface area contributed by atoms with Crippen molar-refractivity contribution in [3.8, 4) is 5.75 Å². The average molecular weight is 375 g/mol. The molecule has 0 aliphatic rings. The van der Waals surface area contributed by atoms with Crippen molar-refractivity contribution in [3.05, 3.63) is 42.5 Å². The molecule has 1 aromatic carbocycles. The number of aromatic hydroxyl groups is 1. The summed E-state index contributed by atoms with van der Waals surface area (Å²) in [7, 11) is 0. The molecule has 5 N–H and O–H groups in total. The quantitative estimate of drug-likeness (QED) is 0.344. The highest BCUT2D eigenvalue weighted by molar-refractivity contribution is 5.82. The monoisotopic (exact) mass is 375 g/mol. The summed E-state index contributed by atoms with van der Waals surface area (Å²) in [5.41, 5.74) is 2.03. The number of rotatable bonds is 9. The Balaban J connectivity index is 1.71. The summed E-state index contributed by atoms with van der Waals surface area (Å²) in [6, 6.07) is 6.82. The van der Waals surface area contributed by atoms with Gasteiger partial charge in [-0.15, -0.1) is 0 Å². The van der Waals surface area contributed by atoms with Gasteiger partial charge >= 0.3 is 0 Å². The smallest absolute Gasteiger partial charge is 0.167 e. The number of anilines is 1. The van der Waals surface area contributed by atoms with Gasteiger partial charge in [0.05, 0.1) is 19.5 Å². The van der Waals surface area contributed by atoms with Gasteiger partial charge in [0.2, 0.25) is 0 Å². The van der Waals surface area contributed by atoms with Crippen LogP contribution in [0.15, 0.2) is 36.9 Å². The zero-order valence-corrected chi connectivity index (χ0v) is 14.4. The van der Waals surface area contributed by atoms with E-state index in [4.69, 9.17) is 9.84 Å². The maximum absolute atomic E-state index is 9.59. The molecule has 0 bridgehead atoms. The summed E-state index contributed by atoms with van der Waals surface area (Å²) >= 11 is 0. The third-order valence-corrected chi connectivity index (χ3v) is 4.02.